The second kappa shape index (κ2) is 5.10. The number of aliphatic hydroxyl groups excluding tert-OH is 1. The van der Waals surface area contributed by atoms with Crippen LogP contribution in [0, 0.1) is 10.1 Å². The average molecular weight is 281 g/mol. The first-order chi connectivity index (χ1) is 8.63. The van der Waals surface area contributed by atoms with Crippen LogP contribution in [0.25, 0.3) is 0 Å². The lowest BCUT2D eigenvalue weighted by Crippen LogP contribution is -2.19. The van der Waals surface area contributed by atoms with Crippen LogP contribution in [0.5, 0.6) is 5.75 Å². The number of nitro groups is 1. The largest absolute Gasteiger partial charge is 0.573 e. The maximum absolute atomic E-state index is 12.1. The van der Waals surface area contributed by atoms with Gasteiger partial charge in [-0.1, -0.05) is 6.07 Å². The molecule has 0 aliphatic heterocycles. The van der Waals surface area contributed by atoms with Crippen LogP contribution in [-0.4, -0.2) is 27.5 Å². The number of para-hydroxylation sites is 1. The Morgan fingerprint density at radius 3 is 2.42 bits per heavy atom. The van der Waals surface area contributed by atoms with Gasteiger partial charge in [0.15, 0.2) is 6.10 Å². The van der Waals surface area contributed by atoms with Crippen molar-refractivity contribution in [1.29, 1.82) is 0 Å². The molecule has 1 unspecified atom stereocenters. The monoisotopic (exact) mass is 281 g/mol. The van der Waals surface area contributed by atoms with Gasteiger partial charge < -0.3 is 14.9 Å². The van der Waals surface area contributed by atoms with Crippen molar-refractivity contribution < 1.29 is 37.8 Å². The van der Waals surface area contributed by atoms with Gasteiger partial charge in [-0.25, -0.2) is 4.79 Å². The molecule has 0 fully saturated rings. The van der Waals surface area contributed by atoms with Crippen LogP contribution in [-0.2, 0) is 4.79 Å². The van der Waals surface area contributed by atoms with Gasteiger partial charge in [0.05, 0.1) is 10.5 Å². The quantitative estimate of drug-likeness (QED) is 0.640. The minimum absolute atomic E-state index is 0.643. The molecule has 2 N–H and O–H groups in total. The molecule has 0 saturated carbocycles. The number of hydrogen-bond donors (Lipinski definition) is 2. The van der Waals surface area contributed by atoms with E-state index in [1.165, 1.54) is 0 Å². The normalized spacial score (nSPS) is 12.8. The molecular weight excluding hydrogens is 275 g/mol. The topological polar surface area (TPSA) is 110 Å². The number of ether oxygens (including phenoxy) is 1. The molecule has 0 spiro atoms. The number of nitro benzene ring substituents is 1. The number of halogens is 3. The fourth-order valence-corrected chi connectivity index (χ4v) is 1.30. The number of carbonyl (C=O) groups is 1. The Labute approximate surface area is 103 Å². The maximum atomic E-state index is 12.1. The predicted octanol–water partition coefficient (Wildman–Crippen LogP) is 1.61. The first kappa shape index (κ1) is 14.7. The molecule has 10 heteroatoms. The summed E-state index contributed by atoms with van der Waals surface area (Å²) < 4.78 is 39.6. The third-order valence-electron chi connectivity index (χ3n) is 1.97. The molecule has 1 aromatic carbocycles. The van der Waals surface area contributed by atoms with Crippen LogP contribution in [0.4, 0.5) is 18.9 Å². The lowest BCUT2D eigenvalue weighted by molar-refractivity contribution is -0.389. The van der Waals surface area contributed by atoms with Gasteiger partial charge in [0, 0.05) is 0 Å². The molecule has 1 rings (SSSR count). The first-order valence-electron chi connectivity index (χ1n) is 4.57. The number of alkyl halides is 3. The highest BCUT2D eigenvalue weighted by molar-refractivity contribution is 5.76. The molecule has 19 heavy (non-hydrogen) atoms. The number of hydrogen-bond acceptors (Lipinski definition) is 5. The molecule has 0 bridgehead atoms. The summed E-state index contributed by atoms with van der Waals surface area (Å²) in [5.74, 6) is -3.04. The van der Waals surface area contributed by atoms with Crippen molar-refractivity contribution in [3.8, 4) is 5.75 Å². The average Bonchev–Trinajstić information content (AvgIpc) is 2.24. The van der Waals surface area contributed by atoms with Crippen molar-refractivity contribution in [1.82, 2.24) is 0 Å². The Balaban J connectivity index is 3.38. The third-order valence-corrected chi connectivity index (χ3v) is 1.97. The Kier molecular flexibility index (Phi) is 3.95. The van der Waals surface area contributed by atoms with Gasteiger partial charge in [-0.3, -0.25) is 10.1 Å². The molecule has 1 aromatic rings. The molecule has 7 nitrogen and oxygen atoms in total. The Morgan fingerprint density at radius 1 is 1.42 bits per heavy atom. The molecule has 0 aromatic heterocycles. The van der Waals surface area contributed by atoms with E-state index in [1.807, 2.05) is 0 Å². The first-order valence-corrected chi connectivity index (χ1v) is 4.57. The van der Waals surface area contributed by atoms with E-state index in [4.69, 9.17) is 5.11 Å². The van der Waals surface area contributed by atoms with Crippen LogP contribution >= 0.6 is 0 Å². The molecule has 0 radical (unpaired) electrons. The molecule has 0 aliphatic carbocycles. The van der Waals surface area contributed by atoms with Crippen LogP contribution < -0.4 is 4.74 Å². The standard InChI is InChI=1S/C9H6F3NO6/c10-9(11,12)19-5-3-1-2-4(6(5)13(17)18)7(14)8(15)16/h1-3,7,14H,(H,15,16). The lowest BCUT2D eigenvalue weighted by Gasteiger charge is -2.12. The summed E-state index contributed by atoms with van der Waals surface area (Å²) in [6, 6.07) is 2.36. The number of benzene rings is 1. The summed E-state index contributed by atoms with van der Waals surface area (Å²) >= 11 is 0. The zero-order chi connectivity index (χ0) is 14.8. The van der Waals surface area contributed by atoms with E-state index in [-0.39, 0.29) is 0 Å². The zero-order valence-corrected chi connectivity index (χ0v) is 8.92. The van der Waals surface area contributed by atoms with E-state index in [0.29, 0.717) is 6.07 Å². The molecule has 0 aliphatic rings. The van der Waals surface area contributed by atoms with E-state index < -0.39 is 40.4 Å². The summed E-state index contributed by atoms with van der Waals surface area (Å²) in [6.45, 7) is 0. The van der Waals surface area contributed by atoms with E-state index in [0.717, 1.165) is 12.1 Å². The highest BCUT2D eigenvalue weighted by Gasteiger charge is 2.37. The summed E-state index contributed by atoms with van der Waals surface area (Å²) in [4.78, 5) is 20.0. The van der Waals surface area contributed by atoms with E-state index in [2.05, 4.69) is 4.74 Å². The number of aliphatic hydroxyl groups is 1. The fourth-order valence-electron chi connectivity index (χ4n) is 1.30. The van der Waals surface area contributed by atoms with Crippen LogP contribution in [0.3, 0.4) is 0 Å². The van der Waals surface area contributed by atoms with Gasteiger partial charge in [0.1, 0.15) is 0 Å². The molecule has 0 amide bonds. The summed E-state index contributed by atoms with van der Waals surface area (Å²) in [6.07, 6.45) is -7.52. The van der Waals surface area contributed by atoms with Crippen molar-refractivity contribution >= 4 is 11.7 Å². The van der Waals surface area contributed by atoms with Crippen LogP contribution in [0.2, 0.25) is 0 Å². The van der Waals surface area contributed by atoms with Crippen molar-refractivity contribution in [2.24, 2.45) is 0 Å². The number of rotatable bonds is 4. The van der Waals surface area contributed by atoms with E-state index in [1.54, 1.807) is 0 Å². The fraction of sp³-hybridized carbons (Fsp3) is 0.222. The summed E-state index contributed by atoms with van der Waals surface area (Å²) in [7, 11) is 0. The molecular formula is C9H6F3NO6. The third kappa shape index (κ3) is 3.55. The number of carboxylic acid groups (broad SMARTS) is 1. The second-order valence-corrected chi connectivity index (χ2v) is 3.24. The van der Waals surface area contributed by atoms with Crippen molar-refractivity contribution in [3.63, 3.8) is 0 Å². The van der Waals surface area contributed by atoms with Gasteiger partial charge in [0.25, 0.3) is 0 Å². The summed E-state index contributed by atoms with van der Waals surface area (Å²) in [5.41, 5.74) is -2.06. The minimum atomic E-state index is -5.18. The van der Waals surface area contributed by atoms with E-state index in [9.17, 15) is 33.2 Å². The SMILES string of the molecule is O=C(O)C(O)c1cccc(OC(F)(F)F)c1[N+](=O)[O-]. The van der Waals surface area contributed by atoms with Gasteiger partial charge in [-0.2, -0.15) is 0 Å². The molecule has 104 valence electrons. The molecule has 0 heterocycles. The van der Waals surface area contributed by atoms with Crippen molar-refractivity contribution in [2.75, 3.05) is 0 Å². The van der Waals surface area contributed by atoms with Gasteiger partial charge in [-0.05, 0) is 12.1 Å². The van der Waals surface area contributed by atoms with Gasteiger partial charge in [-0.15, -0.1) is 13.2 Å². The number of aliphatic carboxylic acids is 1. The van der Waals surface area contributed by atoms with Crippen molar-refractivity contribution in [2.45, 2.75) is 12.5 Å². The zero-order valence-electron chi connectivity index (χ0n) is 8.92. The Morgan fingerprint density at radius 2 is 2.00 bits per heavy atom. The predicted molar refractivity (Wildman–Crippen MR) is 52.4 cm³/mol. The highest BCUT2D eigenvalue weighted by atomic mass is 19.4. The number of nitrogens with zero attached hydrogens (tertiary/aromatic N) is 1. The number of carboxylic acids is 1. The minimum Gasteiger partial charge on any atom is -0.479 e. The van der Waals surface area contributed by atoms with Gasteiger partial charge in [0.2, 0.25) is 5.75 Å². The van der Waals surface area contributed by atoms with Gasteiger partial charge >= 0.3 is 18.0 Å². The van der Waals surface area contributed by atoms with E-state index >= 15 is 0 Å². The summed E-state index contributed by atoms with van der Waals surface area (Å²) in [5, 5.41) is 28.4. The Hall–Kier alpha value is -2.36. The maximum Gasteiger partial charge on any atom is 0.573 e. The lowest BCUT2D eigenvalue weighted by atomic mass is 10.1. The molecule has 0 saturated heterocycles. The Bertz CT molecular complexity index is 515. The smallest absolute Gasteiger partial charge is 0.479 e. The van der Waals surface area contributed by atoms with Crippen molar-refractivity contribution in [3.05, 3.63) is 33.9 Å². The van der Waals surface area contributed by atoms with Crippen LogP contribution in [0.1, 0.15) is 11.7 Å². The molecule has 1 atom stereocenters. The second-order valence-electron chi connectivity index (χ2n) is 3.24. The highest BCUT2D eigenvalue weighted by Crippen LogP contribution is 2.37. The van der Waals surface area contributed by atoms with Crippen LogP contribution in [0.15, 0.2) is 18.2 Å².